The van der Waals surface area contributed by atoms with Crippen molar-refractivity contribution < 1.29 is 0 Å². The van der Waals surface area contributed by atoms with E-state index < -0.39 is 0 Å². The first-order valence-electron chi connectivity index (χ1n) is 4.58. The number of benzene rings is 1. The molecule has 0 N–H and O–H groups in total. The SMILES string of the molecule is Cc1cccc(C#CCCCP)c1. The highest BCUT2D eigenvalue weighted by Crippen LogP contribution is 2.02. The van der Waals surface area contributed by atoms with Gasteiger partial charge in [-0.1, -0.05) is 24.0 Å². The summed E-state index contributed by atoms with van der Waals surface area (Å²) in [6.07, 6.45) is 3.31. The molecule has 0 saturated carbocycles. The van der Waals surface area contributed by atoms with Gasteiger partial charge in [0.05, 0.1) is 0 Å². The average Bonchev–Trinajstić information content (AvgIpc) is 2.13. The second kappa shape index (κ2) is 5.79. The molecule has 0 aliphatic rings. The molecule has 0 nitrogen and oxygen atoms in total. The molecule has 13 heavy (non-hydrogen) atoms. The Kier molecular flexibility index (Phi) is 4.58. The zero-order valence-corrected chi connectivity index (χ0v) is 9.16. The van der Waals surface area contributed by atoms with Gasteiger partial charge in [-0.05, 0) is 37.2 Å². The predicted molar refractivity (Wildman–Crippen MR) is 61.9 cm³/mol. The molecular formula is C12H15P. The zero-order chi connectivity index (χ0) is 9.52. The lowest BCUT2D eigenvalue weighted by Gasteiger charge is -1.92. The summed E-state index contributed by atoms with van der Waals surface area (Å²) >= 11 is 0. The van der Waals surface area contributed by atoms with Gasteiger partial charge in [-0.25, -0.2) is 0 Å². The van der Waals surface area contributed by atoms with E-state index in [-0.39, 0.29) is 0 Å². The van der Waals surface area contributed by atoms with Crippen molar-refractivity contribution in [2.24, 2.45) is 0 Å². The number of hydrogen-bond donors (Lipinski definition) is 0. The summed E-state index contributed by atoms with van der Waals surface area (Å²) in [5.41, 5.74) is 2.40. The summed E-state index contributed by atoms with van der Waals surface area (Å²) < 4.78 is 0. The average molecular weight is 190 g/mol. The van der Waals surface area contributed by atoms with Gasteiger partial charge in [-0.15, -0.1) is 9.24 Å². The lowest BCUT2D eigenvalue weighted by molar-refractivity contribution is 0.998. The third-order valence-corrected chi connectivity index (χ3v) is 2.16. The molecule has 0 radical (unpaired) electrons. The van der Waals surface area contributed by atoms with Gasteiger partial charge < -0.3 is 0 Å². The van der Waals surface area contributed by atoms with Crippen LogP contribution < -0.4 is 0 Å². The summed E-state index contributed by atoms with van der Waals surface area (Å²) in [7, 11) is 2.72. The van der Waals surface area contributed by atoms with Gasteiger partial charge >= 0.3 is 0 Å². The Morgan fingerprint density at radius 2 is 2.23 bits per heavy atom. The second-order valence-electron chi connectivity index (χ2n) is 3.06. The fraction of sp³-hybridized carbons (Fsp3) is 0.333. The van der Waals surface area contributed by atoms with Crippen LogP contribution in [0.1, 0.15) is 24.0 Å². The van der Waals surface area contributed by atoms with Crippen LogP contribution in [0.15, 0.2) is 24.3 Å². The lowest BCUT2D eigenvalue weighted by atomic mass is 10.1. The molecule has 1 heteroatoms. The highest BCUT2D eigenvalue weighted by molar-refractivity contribution is 7.16. The highest BCUT2D eigenvalue weighted by atomic mass is 31.0. The molecule has 1 aromatic rings. The monoisotopic (exact) mass is 190 g/mol. The van der Waals surface area contributed by atoms with Gasteiger partial charge in [0.25, 0.3) is 0 Å². The van der Waals surface area contributed by atoms with Crippen LogP contribution in [-0.4, -0.2) is 6.16 Å². The lowest BCUT2D eigenvalue weighted by Crippen LogP contribution is -1.76. The molecule has 1 rings (SSSR count). The summed E-state index contributed by atoms with van der Waals surface area (Å²) in [5.74, 6) is 6.33. The number of rotatable bonds is 2. The Balaban J connectivity index is 2.56. The topological polar surface area (TPSA) is 0 Å². The van der Waals surface area contributed by atoms with E-state index in [1.807, 2.05) is 0 Å². The van der Waals surface area contributed by atoms with E-state index in [4.69, 9.17) is 0 Å². The maximum atomic E-state index is 3.17. The molecule has 0 heterocycles. The van der Waals surface area contributed by atoms with Crippen molar-refractivity contribution in [3.63, 3.8) is 0 Å². The van der Waals surface area contributed by atoms with Gasteiger partial charge in [-0.3, -0.25) is 0 Å². The normalized spacial score (nSPS) is 9.08. The van der Waals surface area contributed by atoms with Crippen molar-refractivity contribution >= 4 is 9.24 Å². The number of aryl methyl sites for hydroxylation is 1. The first-order chi connectivity index (χ1) is 6.33. The molecule has 0 aliphatic heterocycles. The first-order valence-corrected chi connectivity index (χ1v) is 5.40. The molecular weight excluding hydrogens is 175 g/mol. The smallest absolute Gasteiger partial charge is 0.0247 e. The molecule has 0 saturated heterocycles. The van der Waals surface area contributed by atoms with Crippen molar-refractivity contribution in [2.75, 3.05) is 6.16 Å². The molecule has 0 spiro atoms. The Labute approximate surface area is 83.0 Å². The van der Waals surface area contributed by atoms with E-state index in [9.17, 15) is 0 Å². The molecule has 0 aliphatic carbocycles. The van der Waals surface area contributed by atoms with Crippen LogP contribution in [0.2, 0.25) is 0 Å². The van der Waals surface area contributed by atoms with Crippen molar-refractivity contribution in [1.82, 2.24) is 0 Å². The van der Waals surface area contributed by atoms with Crippen molar-refractivity contribution in [2.45, 2.75) is 19.8 Å². The highest BCUT2D eigenvalue weighted by Gasteiger charge is 1.85. The number of unbranched alkanes of at least 4 members (excludes halogenated alkanes) is 1. The molecule has 68 valence electrons. The maximum Gasteiger partial charge on any atom is 0.0247 e. The number of hydrogen-bond acceptors (Lipinski definition) is 0. The molecule has 0 bridgehead atoms. The Morgan fingerprint density at radius 3 is 2.92 bits per heavy atom. The first kappa shape index (κ1) is 10.3. The van der Waals surface area contributed by atoms with Gasteiger partial charge in [0.2, 0.25) is 0 Å². The molecule has 0 aromatic heterocycles. The predicted octanol–water partition coefficient (Wildman–Crippen LogP) is 3.00. The molecule has 0 fully saturated rings. The second-order valence-corrected chi connectivity index (χ2v) is 3.64. The Bertz CT molecular complexity index is 317. The third-order valence-electron chi connectivity index (χ3n) is 1.76. The van der Waals surface area contributed by atoms with E-state index in [1.54, 1.807) is 0 Å². The van der Waals surface area contributed by atoms with Gasteiger partial charge in [0, 0.05) is 12.0 Å². The molecule has 0 amide bonds. The summed E-state index contributed by atoms with van der Waals surface area (Å²) in [5, 5.41) is 0. The minimum absolute atomic E-state index is 0.997. The Hall–Kier alpha value is -0.790. The largest absolute Gasteiger partial charge is 0.138 e. The van der Waals surface area contributed by atoms with Gasteiger partial charge in [0.15, 0.2) is 0 Å². The quantitative estimate of drug-likeness (QED) is 0.382. The minimum atomic E-state index is 0.997. The van der Waals surface area contributed by atoms with Crippen molar-refractivity contribution in [1.29, 1.82) is 0 Å². The van der Waals surface area contributed by atoms with Gasteiger partial charge in [-0.2, -0.15) is 0 Å². The zero-order valence-electron chi connectivity index (χ0n) is 8.01. The van der Waals surface area contributed by atoms with E-state index in [1.165, 1.54) is 12.0 Å². The third kappa shape index (κ3) is 4.11. The van der Waals surface area contributed by atoms with E-state index in [0.29, 0.717) is 0 Å². The fourth-order valence-electron chi connectivity index (χ4n) is 1.08. The summed E-state index contributed by atoms with van der Waals surface area (Å²) in [6, 6.07) is 8.32. The molecule has 1 aromatic carbocycles. The van der Waals surface area contributed by atoms with Crippen molar-refractivity contribution in [3.05, 3.63) is 35.4 Å². The van der Waals surface area contributed by atoms with E-state index in [0.717, 1.165) is 18.1 Å². The van der Waals surface area contributed by atoms with Crippen molar-refractivity contribution in [3.8, 4) is 11.8 Å². The van der Waals surface area contributed by atoms with Gasteiger partial charge in [0.1, 0.15) is 0 Å². The van der Waals surface area contributed by atoms with Crippen LogP contribution in [0, 0.1) is 18.8 Å². The summed E-state index contributed by atoms with van der Waals surface area (Å²) in [4.78, 5) is 0. The molecule has 1 atom stereocenters. The van der Waals surface area contributed by atoms with E-state index in [2.05, 4.69) is 52.3 Å². The van der Waals surface area contributed by atoms with Crippen LogP contribution in [0.25, 0.3) is 0 Å². The van der Waals surface area contributed by atoms with Crippen LogP contribution in [-0.2, 0) is 0 Å². The van der Waals surface area contributed by atoms with Crippen LogP contribution >= 0.6 is 9.24 Å². The Morgan fingerprint density at radius 1 is 1.38 bits per heavy atom. The van der Waals surface area contributed by atoms with Crippen LogP contribution in [0.4, 0.5) is 0 Å². The van der Waals surface area contributed by atoms with Crippen LogP contribution in [0.5, 0.6) is 0 Å². The molecule has 1 unspecified atom stereocenters. The summed E-state index contributed by atoms with van der Waals surface area (Å²) in [6.45, 7) is 2.09. The fourth-order valence-corrected chi connectivity index (χ4v) is 1.28. The van der Waals surface area contributed by atoms with Crippen LogP contribution in [0.3, 0.4) is 0 Å². The minimum Gasteiger partial charge on any atom is -0.138 e. The van der Waals surface area contributed by atoms with E-state index >= 15 is 0 Å². The maximum absolute atomic E-state index is 3.17. The standard InChI is InChI=1S/C12H15P/c1-11-6-5-8-12(10-11)7-3-2-4-9-13/h5-6,8,10H,2,4,9,13H2,1H3.